The molecule has 1 N–H and O–H groups in total. The maximum Gasteiger partial charge on any atom is 0.177 e. The van der Waals surface area contributed by atoms with Gasteiger partial charge in [-0.25, -0.2) is 0 Å². The van der Waals surface area contributed by atoms with Gasteiger partial charge in [-0.1, -0.05) is 0 Å². The molecule has 72 valence electrons. The highest BCUT2D eigenvalue weighted by Crippen LogP contribution is 2.19. The van der Waals surface area contributed by atoms with Crippen LogP contribution in [0.25, 0.3) is 0 Å². The highest BCUT2D eigenvalue weighted by molar-refractivity contribution is 7.71. The number of hydrogen-bond donors (Lipinski definition) is 1. The standard InChI is InChI=1S/C9H14N2OS/c1-7-5-11(9(13)10-7)8-3-2-4-12-6-8/h5,8H,2-4,6H2,1H3,(H,10,13). The van der Waals surface area contributed by atoms with Gasteiger partial charge in [0.05, 0.1) is 12.6 Å². The molecule has 1 fully saturated rings. The van der Waals surface area contributed by atoms with E-state index in [1.54, 1.807) is 0 Å². The number of aromatic amines is 1. The third-order valence-electron chi connectivity index (χ3n) is 2.40. The van der Waals surface area contributed by atoms with Crippen molar-refractivity contribution < 1.29 is 4.74 Å². The molecule has 1 aliphatic rings. The maximum atomic E-state index is 5.42. The second-order valence-electron chi connectivity index (χ2n) is 3.52. The van der Waals surface area contributed by atoms with E-state index in [1.165, 1.54) is 6.42 Å². The summed E-state index contributed by atoms with van der Waals surface area (Å²) in [5.74, 6) is 0. The molecular formula is C9H14N2OS. The van der Waals surface area contributed by atoms with Crippen molar-refractivity contribution in [3.05, 3.63) is 16.7 Å². The number of hydrogen-bond acceptors (Lipinski definition) is 2. The molecule has 0 radical (unpaired) electrons. The van der Waals surface area contributed by atoms with E-state index in [2.05, 4.69) is 15.7 Å². The Hall–Kier alpha value is -0.610. The van der Waals surface area contributed by atoms with Crippen LogP contribution in [0.5, 0.6) is 0 Å². The highest BCUT2D eigenvalue weighted by atomic mass is 32.1. The van der Waals surface area contributed by atoms with E-state index in [0.717, 1.165) is 30.1 Å². The molecule has 13 heavy (non-hydrogen) atoms. The Balaban J connectivity index is 2.23. The lowest BCUT2D eigenvalue weighted by Gasteiger charge is -2.23. The number of nitrogens with one attached hydrogen (secondary N) is 1. The van der Waals surface area contributed by atoms with Gasteiger partial charge in [-0.05, 0) is 32.0 Å². The third kappa shape index (κ3) is 1.84. The monoisotopic (exact) mass is 198 g/mol. The fourth-order valence-electron chi connectivity index (χ4n) is 1.75. The number of aromatic nitrogens is 2. The molecule has 0 aliphatic carbocycles. The molecule has 0 spiro atoms. The van der Waals surface area contributed by atoms with Gasteiger partial charge in [0.25, 0.3) is 0 Å². The maximum absolute atomic E-state index is 5.42. The first kappa shape index (κ1) is 8.97. The fourth-order valence-corrected chi connectivity index (χ4v) is 2.11. The van der Waals surface area contributed by atoms with Gasteiger partial charge in [-0.2, -0.15) is 0 Å². The Morgan fingerprint density at radius 2 is 2.54 bits per heavy atom. The van der Waals surface area contributed by atoms with Crippen molar-refractivity contribution in [2.45, 2.75) is 25.8 Å². The van der Waals surface area contributed by atoms with E-state index < -0.39 is 0 Å². The van der Waals surface area contributed by atoms with Crippen molar-refractivity contribution in [3.63, 3.8) is 0 Å². The summed E-state index contributed by atoms with van der Waals surface area (Å²) in [5.41, 5.74) is 1.12. The van der Waals surface area contributed by atoms with Gasteiger partial charge in [0, 0.05) is 18.5 Å². The van der Waals surface area contributed by atoms with Crippen molar-refractivity contribution in [1.29, 1.82) is 0 Å². The van der Waals surface area contributed by atoms with E-state index in [4.69, 9.17) is 17.0 Å². The van der Waals surface area contributed by atoms with Crippen LogP contribution in [-0.4, -0.2) is 22.8 Å². The van der Waals surface area contributed by atoms with Crippen molar-refractivity contribution in [3.8, 4) is 0 Å². The molecule has 0 bridgehead atoms. The number of imidazole rings is 1. The van der Waals surface area contributed by atoms with E-state index in [9.17, 15) is 0 Å². The van der Waals surface area contributed by atoms with Crippen LogP contribution in [0.1, 0.15) is 24.6 Å². The number of ether oxygens (including phenoxy) is 1. The molecule has 1 aliphatic heterocycles. The lowest BCUT2D eigenvalue weighted by Crippen LogP contribution is -2.20. The lowest BCUT2D eigenvalue weighted by atomic mass is 10.1. The molecule has 0 aromatic carbocycles. The van der Waals surface area contributed by atoms with E-state index in [0.29, 0.717) is 6.04 Å². The first-order valence-corrected chi connectivity index (χ1v) is 5.03. The summed E-state index contributed by atoms with van der Waals surface area (Å²) in [6, 6.07) is 0.436. The Labute approximate surface area is 82.7 Å². The van der Waals surface area contributed by atoms with Crippen LogP contribution in [0.3, 0.4) is 0 Å². The number of rotatable bonds is 1. The van der Waals surface area contributed by atoms with Crippen LogP contribution in [-0.2, 0) is 4.74 Å². The molecule has 0 saturated carbocycles. The fraction of sp³-hybridized carbons (Fsp3) is 0.667. The molecule has 0 amide bonds. The molecule has 1 saturated heterocycles. The Kier molecular flexibility index (Phi) is 2.51. The van der Waals surface area contributed by atoms with Gasteiger partial charge in [0.1, 0.15) is 0 Å². The summed E-state index contributed by atoms with van der Waals surface area (Å²) < 4.78 is 8.35. The summed E-state index contributed by atoms with van der Waals surface area (Å²) in [5, 5.41) is 0. The van der Waals surface area contributed by atoms with Crippen LogP contribution in [0.2, 0.25) is 0 Å². The van der Waals surface area contributed by atoms with Crippen molar-refractivity contribution in [2.24, 2.45) is 0 Å². The van der Waals surface area contributed by atoms with Gasteiger partial charge in [-0.15, -0.1) is 0 Å². The summed E-state index contributed by atoms with van der Waals surface area (Å²) in [6.07, 6.45) is 4.38. The van der Waals surface area contributed by atoms with Crippen LogP contribution in [0.15, 0.2) is 6.20 Å². The Morgan fingerprint density at radius 3 is 3.08 bits per heavy atom. The molecule has 1 atom stereocenters. The molecule has 3 nitrogen and oxygen atoms in total. The van der Waals surface area contributed by atoms with E-state index in [1.807, 2.05) is 6.92 Å². The summed E-state index contributed by atoms with van der Waals surface area (Å²) >= 11 is 5.21. The van der Waals surface area contributed by atoms with Crippen molar-refractivity contribution in [2.75, 3.05) is 13.2 Å². The average Bonchev–Trinajstić information content (AvgIpc) is 2.47. The number of aryl methyl sites for hydroxylation is 1. The normalized spacial score (nSPS) is 23.3. The summed E-state index contributed by atoms with van der Waals surface area (Å²) in [4.78, 5) is 3.13. The zero-order chi connectivity index (χ0) is 9.26. The summed E-state index contributed by atoms with van der Waals surface area (Å²) in [7, 11) is 0. The minimum Gasteiger partial charge on any atom is -0.379 e. The molecule has 2 heterocycles. The van der Waals surface area contributed by atoms with E-state index >= 15 is 0 Å². The van der Waals surface area contributed by atoms with Crippen LogP contribution >= 0.6 is 12.2 Å². The molecule has 1 unspecified atom stereocenters. The zero-order valence-electron chi connectivity index (χ0n) is 7.75. The topological polar surface area (TPSA) is 29.9 Å². The van der Waals surface area contributed by atoms with Gasteiger partial charge in [0.2, 0.25) is 0 Å². The van der Waals surface area contributed by atoms with Gasteiger partial charge < -0.3 is 14.3 Å². The zero-order valence-corrected chi connectivity index (χ0v) is 8.56. The minimum atomic E-state index is 0.436. The lowest BCUT2D eigenvalue weighted by molar-refractivity contribution is 0.0587. The predicted molar refractivity (Wildman–Crippen MR) is 53.4 cm³/mol. The number of nitrogens with zero attached hydrogens (tertiary/aromatic N) is 1. The third-order valence-corrected chi connectivity index (χ3v) is 2.71. The second kappa shape index (κ2) is 3.64. The van der Waals surface area contributed by atoms with Gasteiger partial charge >= 0.3 is 0 Å². The molecule has 4 heteroatoms. The quantitative estimate of drug-likeness (QED) is 0.701. The van der Waals surface area contributed by atoms with Crippen LogP contribution in [0.4, 0.5) is 0 Å². The summed E-state index contributed by atoms with van der Waals surface area (Å²) in [6.45, 7) is 3.72. The average molecular weight is 198 g/mol. The molecule has 1 aromatic rings. The van der Waals surface area contributed by atoms with E-state index in [-0.39, 0.29) is 0 Å². The smallest absolute Gasteiger partial charge is 0.177 e. The largest absolute Gasteiger partial charge is 0.379 e. The Bertz CT molecular complexity index is 336. The molecule has 2 rings (SSSR count). The van der Waals surface area contributed by atoms with Gasteiger partial charge in [0.15, 0.2) is 4.77 Å². The predicted octanol–water partition coefficient (Wildman–Crippen LogP) is 2.21. The second-order valence-corrected chi connectivity index (χ2v) is 3.91. The highest BCUT2D eigenvalue weighted by Gasteiger charge is 2.16. The van der Waals surface area contributed by atoms with Crippen LogP contribution in [0, 0.1) is 11.7 Å². The molecule has 1 aromatic heterocycles. The van der Waals surface area contributed by atoms with Crippen molar-refractivity contribution >= 4 is 12.2 Å². The van der Waals surface area contributed by atoms with Gasteiger partial charge in [-0.3, -0.25) is 0 Å². The SMILES string of the molecule is Cc1cn(C2CCCOC2)c(=S)[nH]1. The first-order chi connectivity index (χ1) is 6.27. The minimum absolute atomic E-state index is 0.436. The molecular weight excluding hydrogens is 184 g/mol. The number of H-pyrrole nitrogens is 1. The Morgan fingerprint density at radius 1 is 1.69 bits per heavy atom. The van der Waals surface area contributed by atoms with Crippen LogP contribution < -0.4 is 0 Å². The first-order valence-electron chi connectivity index (χ1n) is 4.63. The van der Waals surface area contributed by atoms with Crippen molar-refractivity contribution in [1.82, 2.24) is 9.55 Å².